The highest BCUT2D eigenvalue weighted by Gasteiger charge is 2.34. The molecule has 9 heteroatoms. The Kier molecular flexibility index (Phi) is 5.77. The summed E-state index contributed by atoms with van der Waals surface area (Å²) in [6, 6.07) is 7.14. The van der Waals surface area contributed by atoms with Crippen LogP contribution >= 0.6 is 27.7 Å². The van der Waals surface area contributed by atoms with E-state index in [1.54, 1.807) is 18.2 Å². The third-order valence-corrected chi connectivity index (χ3v) is 5.59. The Hall–Kier alpha value is -2.13. The molecule has 26 heavy (non-hydrogen) atoms. The fraction of sp³-hybridized carbons (Fsp3) is 0.294. The Morgan fingerprint density at radius 1 is 1.38 bits per heavy atom. The summed E-state index contributed by atoms with van der Waals surface area (Å²) in [4.78, 5) is 44.3. The molecule has 1 aliphatic heterocycles. The Balaban J connectivity index is 1.93. The van der Waals surface area contributed by atoms with Crippen LogP contribution in [0.3, 0.4) is 0 Å². The van der Waals surface area contributed by atoms with Gasteiger partial charge in [-0.05, 0) is 34.5 Å². The number of fused-ring (bicyclic) bond motifs is 1. The number of hydrogen-bond acceptors (Lipinski definition) is 5. The number of para-hydroxylation sites is 1. The van der Waals surface area contributed by atoms with E-state index in [4.69, 9.17) is 0 Å². The van der Waals surface area contributed by atoms with Gasteiger partial charge in [0, 0.05) is 16.6 Å². The molecule has 7 nitrogen and oxygen atoms in total. The van der Waals surface area contributed by atoms with Gasteiger partial charge in [-0.2, -0.15) is 0 Å². The molecule has 0 saturated heterocycles. The number of H-pyrrole nitrogens is 1. The molecule has 0 fully saturated rings. The summed E-state index contributed by atoms with van der Waals surface area (Å²) < 4.78 is 0.715. The Morgan fingerprint density at radius 2 is 2.15 bits per heavy atom. The molecule has 2 aromatic rings. The van der Waals surface area contributed by atoms with Crippen LogP contribution in [-0.4, -0.2) is 27.5 Å². The van der Waals surface area contributed by atoms with Crippen molar-refractivity contribution >= 4 is 51.0 Å². The summed E-state index contributed by atoms with van der Waals surface area (Å²) in [6.45, 7) is 2.02. The fourth-order valence-corrected chi connectivity index (χ4v) is 3.73. The number of carbonyl (C=O) groups is 2. The van der Waals surface area contributed by atoms with Gasteiger partial charge in [0.25, 0.3) is 5.56 Å². The summed E-state index contributed by atoms with van der Waals surface area (Å²) >= 11 is 4.76. The lowest BCUT2D eigenvalue weighted by Gasteiger charge is -2.23. The highest BCUT2D eigenvalue weighted by molar-refractivity contribution is 9.10. The zero-order valence-electron chi connectivity index (χ0n) is 14.0. The summed E-state index contributed by atoms with van der Waals surface area (Å²) in [6.07, 6.45) is 0.824. The van der Waals surface area contributed by atoms with Crippen molar-refractivity contribution in [2.45, 2.75) is 30.8 Å². The number of anilines is 2. The van der Waals surface area contributed by atoms with Crippen LogP contribution in [0, 0.1) is 0 Å². The minimum atomic E-state index is -0.896. The summed E-state index contributed by atoms with van der Waals surface area (Å²) in [5.41, 5.74) is 0.362. The Morgan fingerprint density at radius 3 is 2.88 bits per heavy atom. The second-order valence-electron chi connectivity index (χ2n) is 5.76. The zero-order chi connectivity index (χ0) is 18.7. The summed E-state index contributed by atoms with van der Waals surface area (Å²) in [5.74, 6) is -0.700. The maximum absolute atomic E-state index is 12.7. The predicted molar refractivity (Wildman–Crippen MR) is 105 cm³/mol. The molecular weight excluding hydrogens is 420 g/mol. The maximum atomic E-state index is 12.7. The van der Waals surface area contributed by atoms with Crippen molar-refractivity contribution < 1.29 is 9.59 Å². The maximum Gasteiger partial charge on any atom is 0.257 e. The standard InChI is InChI=1S/C17H17BrN4O3S/c1-2-7-26-17-21-14-13(16(25)22-17)9(8-12(23)20-14)15(24)19-11-6-4-3-5-10(11)18/h3-6,9H,2,7-8H2,1H3,(H,19,24)(H2,20,21,22,23,25). The first kappa shape index (κ1) is 18.7. The fourth-order valence-electron chi connectivity index (χ4n) is 2.62. The highest BCUT2D eigenvalue weighted by Crippen LogP contribution is 2.31. The number of hydrogen-bond donors (Lipinski definition) is 3. The van der Waals surface area contributed by atoms with E-state index in [1.165, 1.54) is 11.8 Å². The smallest absolute Gasteiger partial charge is 0.257 e. The molecule has 1 aromatic heterocycles. The number of nitrogens with zero attached hydrogens (tertiary/aromatic N) is 1. The van der Waals surface area contributed by atoms with Gasteiger partial charge >= 0.3 is 0 Å². The van der Waals surface area contributed by atoms with Gasteiger partial charge in [-0.1, -0.05) is 30.8 Å². The van der Waals surface area contributed by atoms with Crippen molar-refractivity contribution in [2.75, 3.05) is 16.4 Å². The van der Waals surface area contributed by atoms with Gasteiger partial charge in [0.2, 0.25) is 11.8 Å². The molecule has 0 bridgehead atoms. The summed E-state index contributed by atoms with van der Waals surface area (Å²) in [7, 11) is 0. The van der Waals surface area contributed by atoms with Gasteiger partial charge < -0.3 is 15.6 Å². The van der Waals surface area contributed by atoms with Crippen molar-refractivity contribution in [1.82, 2.24) is 9.97 Å². The number of rotatable bonds is 5. The van der Waals surface area contributed by atoms with E-state index < -0.39 is 17.4 Å². The Bertz CT molecular complexity index is 915. The van der Waals surface area contributed by atoms with Crippen LogP contribution in [0.5, 0.6) is 0 Å². The molecule has 0 aliphatic carbocycles. The van der Waals surface area contributed by atoms with E-state index in [0.717, 1.165) is 12.2 Å². The summed E-state index contributed by atoms with van der Waals surface area (Å²) in [5, 5.41) is 5.80. The quantitative estimate of drug-likeness (QED) is 0.493. The molecular formula is C17H17BrN4O3S. The van der Waals surface area contributed by atoms with Crippen LogP contribution in [-0.2, 0) is 9.59 Å². The van der Waals surface area contributed by atoms with Crippen LogP contribution in [0.2, 0.25) is 0 Å². The SMILES string of the molecule is CCCSc1nc2c(c(=O)[nH]1)C(C(=O)Nc1ccccc1Br)CC(=O)N2. The largest absolute Gasteiger partial charge is 0.325 e. The molecule has 2 amide bonds. The van der Waals surface area contributed by atoms with Crippen molar-refractivity contribution in [2.24, 2.45) is 0 Å². The second kappa shape index (κ2) is 8.05. The first-order chi connectivity index (χ1) is 12.5. The molecule has 2 heterocycles. The van der Waals surface area contributed by atoms with E-state index in [0.29, 0.717) is 15.3 Å². The first-order valence-corrected chi connectivity index (χ1v) is 9.89. The van der Waals surface area contributed by atoms with Gasteiger partial charge in [0.1, 0.15) is 5.82 Å². The van der Waals surface area contributed by atoms with Crippen LogP contribution in [0.15, 0.2) is 38.7 Å². The number of carbonyl (C=O) groups excluding carboxylic acids is 2. The van der Waals surface area contributed by atoms with E-state index >= 15 is 0 Å². The van der Waals surface area contributed by atoms with Crippen molar-refractivity contribution in [3.8, 4) is 0 Å². The van der Waals surface area contributed by atoms with Gasteiger partial charge in [0.15, 0.2) is 5.16 Å². The van der Waals surface area contributed by atoms with E-state index in [2.05, 4.69) is 36.5 Å². The molecule has 0 radical (unpaired) electrons. The predicted octanol–water partition coefficient (Wildman–Crippen LogP) is 3.10. The lowest BCUT2D eigenvalue weighted by molar-refractivity contribution is -0.123. The Labute approximate surface area is 162 Å². The molecule has 0 saturated carbocycles. The number of thioether (sulfide) groups is 1. The minimum absolute atomic E-state index is 0.102. The lowest BCUT2D eigenvalue weighted by atomic mass is 9.92. The van der Waals surface area contributed by atoms with Gasteiger partial charge in [-0.15, -0.1) is 0 Å². The molecule has 3 N–H and O–H groups in total. The molecule has 0 spiro atoms. The number of halogens is 1. The highest BCUT2D eigenvalue weighted by atomic mass is 79.9. The van der Waals surface area contributed by atoms with Crippen LogP contribution < -0.4 is 16.2 Å². The minimum Gasteiger partial charge on any atom is -0.325 e. The van der Waals surface area contributed by atoms with Crippen LogP contribution in [0.4, 0.5) is 11.5 Å². The van der Waals surface area contributed by atoms with Crippen molar-refractivity contribution in [3.05, 3.63) is 44.7 Å². The van der Waals surface area contributed by atoms with E-state index in [-0.39, 0.29) is 23.7 Å². The molecule has 1 unspecified atom stereocenters. The van der Waals surface area contributed by atoms with Crippen molar-refractivity contribution in [3.63, 3.8) is 0 Å². The molecule has 1 atom stereocenters. The molecule has 136 valence electrons. The number of benzene rings is 1. The lowest BCUT2D eigenvalue weighted by Crippen LogP contribution is -2.36. The average Bonchev–Trinajstić information content (AvgIpc) is 2.60. The number of aromatic amines is 1. The zero-order valence-corrected chi connectivity index (χ0v) is 16.4. The van der Waals surface area contributed by atoms with Gasteiger partial charge in [-0.3, -0.25) is 14.4 Å². The second-order valence-corrected chi connectivity index (χ2v) is 7.69. The normalized spacial score (nSPS) is 15.9. The molecule has 3 rings (SSSR count). The molecule has 1 aliphatic rings. The third-order valence-electron chi connectivity index (χ3n) is 3.82. The first-order valence-electron chi connectivity index (χ1n) is 8.11. The van der Waals surface area contributed by atoms with Crippen molar-refractivity contribution in [1.29, 1.82) is 0 Å². The van der Waals surface area contributed by atoms with Crippen LogP contribution in [0.25, 0.3) is 0 Å². The van der Waals surface area contributed by atoms with Gasteiger partial charge in [0.05, 0.1) is 17.2 Å². The monoisotopic (exact) mass is 436 g/mol. The number of amides is 2. The average molecular weight is 437 g/mol. The molecule has 1 aromatic carbocycles. The number of nitrogens with one attached hydrogen (secondary N) is 3. The third kappa shape index (κ3) is 3.99. The van der Waals surface area contributed by atoms with E-state index in [1.807, 2.05) is 13.0 Å². The topological polar surface area (TPSA) is 104 Å². The number of aromatic nitrogens is 2. The van der Waals surface area contributed by atoms with Crippen LogP contribution in [0.1, 0.15) is 31.2 Å². The van der Waals surface area contributed by atoms with Gasteiger partial charge in [-0.25, -0.2) is 4.98 Å². The van der Waals surface area contributed by atoms with E-state index in [9.17, 15) is 14.4 Å².